The fraction of sp³-hybridized carbons (Fsp3) is 0.368. The summed E-state index contributed by atoms with van der Waals surface area (Å²) in [5.74, 6) is 0.339. The Morgan fingerprint density at radius 2 is 1.44 bits per heavy atom. The molecular weight excluding hydrogens is 580 g/mol. The number of thiophene rings is 1. The average molecular weight is 623 g/mol. The van der Waals surface area contributed by atoms with Crippen LogP contribution in [0.15, 0.2) is 89.7 Å². The predicted octanol–water partition coefficient (Wildman–Crippen LogP) is 9.09. The lowest BCUT2D eigenvalue weighted by molar-refractivity contribution is 0.185. The van der Waals surface area contributed by atoms with Gasteiger partial charge in [0.2, 0.25) is 5.95 Å². The molecule has 0 saturated carbocycles. The van der Waals surface area contributed by atoms with Gasteiger partial charge in [-0.3, -0.25) is 9.69 Å². The van der Waals surface area contributed by atoms with Gasteiger partial charge < -0.3 is 4.90 Å². The van der Waals surface area contributed by atoms with Crippen LogP contribution in [0.2, 0.25) is 0 Å². The molecule has 0 bridgehead atoms. The van der Waals surface area contributed by atoms with E-state index in [1.807, 2.05) is 12.1 Å². The molecule has 0 saturated heterocycles. The number of fused-ring (bicyclic) bond motifs is 3. The van der Waals surface area contributed by atoms with Crippen LogP contribution in [0, 0.1) is 5.82 Å². The van der Waals surface area contributed by atoms with E-state index < -0.39 is 0 Å². The van der Waals surface area contributed by atoms with Gasteiger partial charge in [-0.2, -0.15) is 0 Å². The molecule has 2 unspecified atom stereocenters. The van der Waals surface area contributed by atoms with E-state index in [2.05, 4.69) is 79.2 Å². The molecule has 2 aromatic heterocycles. The third-order valence-electron chi connectivity index (χ3n) is 9.11. The summed E-state index contributed by atoms with van der Waals surface area (Å²) in [6.07, 6.45) is 7.25. The zero-order valence-electron chi connectivity index (χ0n) is 26.6. The number of nitrogens with zero attached hydrogens (tertiary/aromatic N) is 4. The first-order chi connectivity index (χ1) is 22.0. The van der Waals surface area contributed by atoms with Crippen molar-refractivity contribution < 1.29 is 4.39 Å². The van der Waals surface area contributed by atoms with Gasteiger partial charge in [-0.25, -0.2) is 13.9 Å². The van der Waals surface area contributed by atoms with Gasteiger partial charge in [-0.05, 0) is 67.3 Å². The fourth-order valence-corrected chi connectivity index (χ4v) is 8.11. The highest BCUT2D eigenvalue weighted by atomic mass is 32.1. The monoisotopic (exact) mass is 622 g/mol. The first-order valence-electron chi connectivity index (χ1n) is 16.4. The van der Waals surface area contributed by atoms with Gasteiger partial charge >= 0.3 is 0 Å². The van der Waals surface area contributed by atoms with Crippen LogP contribution in [-0.2, 0) is 6.42 Å². The Morgan fingerprint density at radius 1 is 0.844 bits per heavy atom. The second-order valence-electron chi connectivity index (χ2n) is 12.2. The van der Waals surface area contributed by atoms with Crippen molar-refractivity contribution in [1.29, 1.82) is 0 Å². The molecule has 2 atom stereocenters. The summed E-state index contributed by atoms with van der Waals surface area (Å²) in [5, 5.41) is 0.695. The summed E-state index contributed by atoms with van der Waals surface area (Å²) in [5.41, 5.74) is 4.09. The Labute approximate surface area is 270 Å². The van der Waals surface area contributed by atoms with Crippen LogP contribution in [0.4, 0.5) is 10.3 Å². The first kappa shape index (κ1) is 31.2. The predicted molar refractivity (Wildman–Crippen MR) is 185 cm³/mol. The highest BCUT2D eigenvalue weighted by Gasteiger charge is 2.38. The molecule has 0 N–H and O–H groups in total. The van der Waals surface area contributed by atoms with E-state index >= 15 is 0 Å². The van der Waals surface area contributed by atoms with Crippen molar-refractivity contribution in [2.75, 3.05) is 25.0 Å². The molecule has 0 amide bonds. The van der Waals surface area contributed by atoms with E-state index in [4.69, 9.17) is 4.98 Å². The van der Waals surface area contributed by atoms with Crippen LogP contribution in [0.5, 0.6) is 0 Å². The van der Waals surface area contributed by atoms with E-state index in [-0.39, 0.29) is 23.5 Å². The number of aromatic nitrogens is 2. The quantitative estimate of drug-likeness (QED) is 0.130. The van der Waals surface area contributed by atoms with Crippen molar-refractivity contribution in [2.45, 2.75) is 70.9 Å². The SMILES string of the molecule is CCCCCN(CCCCC)c1nc2sc3c(c2c(=O)n1-c1ccc(F)cc1)CC(c1ccccc1)N(C)C3c1ccccc1. The largest absolute Gasteiger partial charge is 0.342 e. The normalized spacial score (nSPS) is 16.6. The van der Waals surface area contributed by atoms with E-state index in [1.54, 1.807) is 28.0 Å². The summed E-state index contributed by atoms with van der Waals surface area (Å²) in [7, 11) is 2.20. The number of hydrogen-bond donors (Lipinski definition) is 0. The highest BCUT2D eigenvalue weighted by Crippen LogP contribution is 2.48. The topological polar surface area (TPSA) is 41.4 Å². The molecule has 7 heteroatoms. The minimum absolute atomic E-state index is 0.00770. The maximum atomic E-state index is 14.9. The second kappa shape index (κ2) is 14.1. The summed E-state index contributed by atoms with van der Waals surface area (Å²) < 4.78 is 15.9. The summed E-state index contributed by atoms with van der Waals surface area (Å²) >= 11 is 1.66. The third-order valence-corrected chi connectivity index (χ3v) is 10.3. The number of anilines is 1. The van der Waals surface area contributed by atoms with Crippen LogP contribution in [0.25, 0.3) is 15.9 Å². The second-order valence-corrected chi connectivity index (χ2v) is 13.2. The van der Waals surface area contributed by atoms with Crippen molar-refractivity contribution in [3.63, 3.8) is 0 Å². The zero-order chi connectivity index (χ0) is 31.3. The van der Waals surface area contributed by atoms with Gasteiger partial charge in [0, 0.05) is 24.0 Å². The van der Waals surface area contributed by atoms with Crippen LogP contribution in [-0.4, -0.2) is 34.6 Å². The average Bonchev–Trinajstić information content (AvgIpc) is 3.43. The van der Waals surface area contributed by atoms with Crippen molar-refractivity contribution in [3.8, 4) is 5.69 Å². The zero-order valence-corrected chi connectivity index (χ0v) is 27.4. The Hall–Kier alpha value is -3.81. The molecule has 0 aliphatic carbocycles. The van der Waals surface area contributed by atoms with E-state index in [0.29, 0.717) is 17.0 Å². The highest BCUT2D eigenvalue weighted by molar-refractivity contribution is 7.19. The molecule has 0 radical (unpaired) electrons. The Morgan fingerprint density at radius 3 is 2.04 bits per heavy atom. The van der Waals surface area contributed by atoms with E-state index in [1.165, 1.54) is 28.1 Å². The molecule has 6 rings (SSSR count). The van der Waals surface area contributed by atoms with Crippen LogP contribution < -0.4 is 10.5 Å². The maximum Gasteiger partial charge on any atom is 0.268 e. The van der Waals surface area contributed by atoms with Crippen LogP contribution in [0.3, 0.4) is 0 Å². The molecular formula is C38H43FN4OS. The molecule has 5 aromatic rings. The van der Waals surface area contributed by atoms with Crippen molar-refractivity contribution >= 4 is 27.5 Å². The van der Waals surface area contributed by atoms with Gasteiger partial charge in [-0.15, -0.1) is 11.3 Å². The number of hydrogen-bond acceptors (Lipinski definition) is 5. The van der Waals surface area contributed by atoms with Gasteiger partial charge in [0.15, 0.2) is 0 Å². The number of halogens is 1. The molecule has 0 fully saturated rings. The molecule has 3 heterocycles. The molecule has 3 aromatic carbocycles. The third kappa shape index (κ3) is 6.34. The standard InChI is InChI=1S/C38H43FN4OS/c1-4-6-14-24-42(25-15-7-5-2)38-40-36-33(37(44)43(38)30-22-20-29(39)21-23-30)31-26-32(27-16-10-8-11-17-27)41(3)34(35(31)45-36)28-18-12-9-13-19-28/h8-13,16-23,32,34H,4-7,14-15,24-26H2,1-3H3. The van der Waals surface area contributed by atoms with Crippen molar-refractivity contribution in [1.82, 2.24) is 14.5 Å². The first-order valence-corrected chi connectivity index (χ1v) is 17.2. The van der Waals surface area contributed by atoms with Crippen LogP contribution in [0.1, 0.15) is 86.0 Å². The minimum Gasteiger partial charge on any atom is -0.342 e. The lowest BCUT2D eigenvalue weighted by Gasteiger charge is -2.40. The smallest absolute Gasteiger partial charge is 0.268 e. The lowest BCUT2D eigenvalue weighted by Crippen LogP contribution is -2.36. The molecule has 5 nitrogen and oxygen atoms in total. The number of unbranched alkanes of at least 4 members (excludes halogenated alkanes) is 4. The number of likely N-dealkylation sites (N-methyl/N-ethyl adjacent to an activating group) is 1. The van der Waals surface area contributed by atoms with E-state index in [9.17, 15) is 9.18 Å². The Bertz CT molecular complexity index is 1760. The van der Waals surface area contributed by atoms with Gasteiger partial charge in [0.25, 0.3) is 5.56 Å². The van der Waals surface area contributed by atoms with Crippen LogP contribution >= 0.6 is 11.3 Å². The Balaban J connectivity index is 1.59. The molecule has 0 spiro atoms. The molecule has 234 valence electrons. The maximum absolute atomic E-state index is 14.9. The molecule has 45 heavy (non-hydrogen) atoms. The number of benzene rings is 3. The van der Waals surface area contributed by atoms with Gasteiger partial charge in [-0.1, -0.05) is 100 Å². The lowest BCUT2D eigenvalue weighted by atomic mass is 9.87. The van der Waals surface area contributed by atoms with Crippen molar-refractivity contribution in [3.05, 3.63) is 123 Å². The summed E-state index contributed by atoms with van der Waals surface area (Å²) in [6.45, 7) is 6.07. The number of rotatable bonds is 12. The van der Waals surface area contributed by atoms with Gasteiger partial charge in [0.1, 0.15) is 10.6 Å². The van der Waals surface area contributed by atoms with Gasteiger partial charge in [0.05, 0.1) is 17.1 Å². The molecule has 1 aliphatic rings. The molecule has 1 aliphatic heterocycles. The Kier molecular flexibility index (Phi) is 9.76. The van der Waals surface area contributed by atoms with E-state index in [0.717, 1.165) is 68.4 Å². The minimum atomic E-state index is -0.322. The van der Waals surface area contributed by atoms with Crippen molar-refractivity contribution in [2.24, 2.45) is 0 Å². The fourth-order valence-electron chi connectivity index (χ4n) is 6.74. The summed E-state index contributed by atoms with van der Waals surface area (Å²) in [6, 6.07) is 27.5. The summed E-state index contributed by atoms with van der Waals surface area (Å²) in [4.78, 5) is 27.0.